The van der Waals surface area contributed by atoms with Crippen LogP contribution < -0.4 is 15.2 Å². The Balaban J connectivity index is 1.20. The zero-order valence-electron chi connectivity index (χ0n) is 22.3. The van der Waals surface area contributed by atoms with Crippen LogP contribution in [-0.4, -0.2) is 49.5 Å². The first kappa shape index (κ1) is 24.8. The first-order valence-electron chi connectivity index (χ1n) is 13.0. The third-order valence-corrected chi connectivity index (χ3v) is 6.94. The Labute approximate surface area is 227 Å². The van der Waals surface area contributed by atoms with Crippen LogP contribution in [0.4, 0.5) is 5.82 Å². The summed E-state index contributed by atoms with van der Waals surface area (Å²) in [5.41, 5.74) is 11.2. The Bertz CT molecular complexity index is 1610. The molecule has 0 atom stereocenters. The molecule has 3 aromatic heterocycles. The molecule has 1 fully saturated rings. The Morgan fingerprint density at radius 2 is 1.67 bits per heavy atom. The van der Waals surface area contributed by atoms with Gasteiger partial charge in [-0.15, -0.1) is 0 Å². The highest BCUT2D eigenvalue weighted by atomic mass is 16.5. The lowest BCUT2D eigenvalue weighted by molar-refractivity contribution is 0.120. The number of ether oxygens (including phenoxy) is 2. The minimum Gasteiger partial charge on any atom is -0.489 e. The Hall–Kier alpha value is -4.50. The van der Waals surface area contributed by atoms with Gasteiger partial charge in [-0.25, -0.2) is 19.9 Å². The van der Waals surface area contributed by atoms with Gasteiger partial charge in [0.2, 0.25) is 0 Å². The summed E-state index contributed by atoms with van der Waals surface area (Å²) in [4.78, 5) is 19.6. The van der Waals surface area contributed by atoms with Crippen molar-refractivity contribution in [1.82, 2.24) is 29.4 Å². The average molecular weight is 522 g/mol. The van der Waals surface area contributed by atoms with E-state index in [0.29, 0.717) is 24.1 Å². The fraction of sp³-hybridized carbons (Fsp3) is 0.267. The number of aromatic nitrogens is 5. The molecule has 0 unspecified atom stereocenters. The molecule has 1 aliphatic heterocycles. The molecule has 198 valence electrons. The van der Waals surface area contributed by atoms with Gasteiger partial charge < -0.3 is 24.7 Å². The van der Waals surface area contributed by atoms with E-state index in [1.165, 1.54) is 6.33 Å². The summed E-state index contributed by atoms with van der Waals surface area (Å²) < 4.78 is 14.4. The van der Waals surface area contributed by atoms with Crippen molar-refractivity contribution in [3.8, 4) is 28.4 Å². The monoisotopic (exact) mass is 521 g/mol. The van der Waals surface area contributed by atoms with Gasteiger partial charge in [-0.2, -0.15) is 0 Å². The van der Waals surface area contributed by atoms with E-state index >= 15 is 0 Å². The van der Waals surface area contributed by atoms with Gasteiger partial charge in [-0.1, -0.05) is 12.1 Å². The Morgan fingerprint density at radius 3 is 2.41 bits per heavy atom. The predicted molar refractivity (Wildman–Crippen MR) is 151 cm³/mol. The van der Waals surface area contributed by atoms with E-state index in [-0.39, 0.29) is 0 Å². The molecule has 6 rings (SSSR count). The molecule has 9 nitrogen and oxygen atoms in total. The minimum absolute atomic E-state index is 0.385. The second-order valence-corrected chi connectivity index (χ2v) is 10.3. The maximum absolute atomic E-state index is 6.32. The van der Waals surface area contributed by atoms with E-state index in [9.17, 15) is 0 Å². The molecule has 2 N–H and O–H groups in total. The molecule has 0 spiro atoms. The Morgan fingerprint density at radius 1 is 0.923 bits per heavy atom. The number of aryl methyl sites for hydroxylation is 2. The number of nitrogens with two attached hydrogens (primary N) is 1. The number of fused-ring (bicyclic) bond motifs is 1. The van der Waals surface area contributed by atoms with Crippen LogP contribution in [-0.2, 0) is 13.2 Å². The summed E-state index contributed by atoms with van der Waals surface area (Å²) in [6, 6.07) is 13.9. The van der Waals surface area contributed by atoms with Crippen molar-refractivity contribution in [2.24, 2.45) is 5.92 Å². The van der Waals surface area contributed by atoms with E-state index in [1.54, 1.807) is 12.4 Å². The third-order valence-electron chi connectivity index (χ3n) is 6.94. The lowest BCUT2D eigenvalue weighted by Gasteiger charge is -2.36. The average Bonchev–Trinajstić information content (AvgIpc) is 3.27. The highest BCUT2D eigenvalue weighted by Gasteiger charge is 2.25. The highest BCUT2D eigenvalue weighted by Crippen LogP contribution is 2.35. The van der Waals surface area contributed by atoms with Crippen molar-refractivity contribution in [2.75, 3.05) is 25.9 Å². The van der Waals surface area contributed by atoms with E-state index in [0.717, 1.165) is 70.2 Å². The molecule has 5 aromatic rings. The third kappa shape index (κ3) is 5.39. The van der Waals surface area contributed by atoms with Crippen LogP contribution in [0.5, 0.6) is 17.2 Å². The Kier molecular flexibility index (Phi) is 6.58. The lowest BCUT2D eigenvalue weighted by atomic mass is 10.0. The van der Waals surface area contributed by atoms with Crippen molar-refractivity contribution in [3.63, 3.8) is 0 Å². The largest absolute Gasteiger partial charge is 0.489 e. The number of nitrogens with zero attached hydrogens (tertiary/aromatic N) is 6. The smallest absolute Gasteiger partial charge is 0.146 e. The second-order valence-electron chi connectivity index (χ2n) is 10.3. The summed E-state index contributed by atoms with van der Waals surface area (Å²) in [6.45, 7) is 7.35. The van der Waals surface area contributed by atoms with Gasteiger partial charge in [0.25, 0.3) is 0 Å². The number of hydrogen-bond donors (Lipinski definition) is 1. The fourth-order valence-electron chi connectivity index (χ4n) is 5.08. The van der Waals surface area contributed by atoms with E-state index in [4.69, 9.17) is 15.2 Å². The second kappa shape index (κ2) is 10.3. The van der Waals surface area contributed by atoms with Crippen LogP contribution >= 0.6 is 0 Å². The predicted octanol–water partition coefficient (Wildman–Crippen LogP) is 5.02. The molecule has 0 saturated carbocycles. The number of anilines is 1. The minimum atomic E-state index is 0.385. The highest BCUT2D eigenvalue weighted by molar-refractivity contribution is 6.00. The van der Waals surface area contributed by atoms with Gasteiger partial charge in [0, 0.05) is 61.3 Å². The van der Waals surface area contributed by atoms with Gasteiger partial charge in [0.05, 0.1) is 5.39 Å². The summed E-state index contributed by atoms with van der Waals surface area (Å²) in [7, 11) is 2.14. The number of benzene rings is 2. The topological polar surface area (TPSA) is 104 Å². The summed E-state index contributed by atoms with van der Waals surface area (Å²) >= 11 is 0. The molecule has 0 amide bonds. The van der Waals surface area contributed by atoms with Crippen LogP contribution in [0.2, 0.25) is 0 Å². The van der Waals surface area contributed by atoms with Gasteiger partial charge in [-0.3, -0.25) is 0 Å². The van der Waals surface area contributed by atoms with Crippen molar-refractivity contribution < 1.29 is 9.47 Å². The van der Waals surface area contributed by atoms with Crippen LogP contribution in [0.15, 0.2) is 67.4 Å². The molecule has 0 aliphatic carbocycles. The van der Waals surface area contributed by atoms with Crippen LogP contribution in [0.3, 0.4) is 0 Å². The summed E-state index contributed by atoms with van der Waals surface area (Å²) in [6.07, 6.45) is 7.24. The number of hydrogen-bond acceptors (Lipinski definition) is 8. The molecule has 39 heavy (non-hydrogen) atoms. The molecule has 0 radical (unpaired) electrons. The van der Waals surface area contributed by atoms with Crippen LogP contribution in [0.1, 0.15) is 17.0 Å². The van der Waals surface area contributed by atoms with Gasteiger partial charge in [0.1, 0.15) is 47.5 Å². The normalized spacial score (nSPS) is 13.9. The quantitative estimate of drug-likeness (QED) is 0.304. The summed E-state index contributed by atoms with van der Waals surface area (Å²) in [5, 5.41) is 0.887. The van der Waals surface area contributed by atoms with Crippen molar-refractivity contribution >= 4 is 16.9 Å². The fourth-order valence-corrected chi connectivity index (χ4v) is 5.08. The van der Waals surface area contributed by atoms with E-state index in [1.807, 2.05) is 56.3 Å². The zero-order chi connectivity index (χ0) is 26.9. The SMILES string of the molecule is Cc1cc(OCc2cnc(C)nc2)cc(Oc2ccc(-c3cn(CC4CN(C)C4)c4ncnc(N)c34)cc2)c1. The zero-order valence-corrected chi connectivity index (χ0v) is 22.3. The van der Waals surface area contributed by atoms with Gasteiger partial charge in [0.15, 0.2) is 0 Å². The molecule has 9 heteroatoms. The maximum atomic E-state index is 6.32. The molecule has 0 bridgehead atoms. The van der Waals surface area contributed by atoms with Crippen molar-refractivity contribution in [2.45, 2.75) is 27.0 Å². The van der Waals surface area contributed by atoms with Crippen LogP contribution in [0.25, 0.3) is 22.2 Å². The molecule has 2 aromatic carbocycles. The first-order valence-corrected chi connectivity index (χ1v) is 13.0. The summed E-state index contributed by atoms with van der Waals surface area (Å²) in [5.74, 6) is 4.00. The van der Waals surface area contributed by atoms with E-state index in [2.05, 4.69) is 42.6 Å². The molecular weight excluding hydrogens is 490 g/mol. The standard InChI is InChI=1S/C30H31N7O2/c1-19-8-25(38-17-21-11-32-20(2)33-12-21)10-26(9-19)39-24-6-4-23(5-7-24)27-16-37(15-22-13-36(3)14-22)30-28(27)29(31)34-18-35-30/h4-12,16,18,22H,13-15,17H2,1-3H3,(H2,31,34,35). The first-order chi connectivity index (χ1) is 18.9. The lowest BCUT2D eigenvalue weighted by Crippen LogP contribution is -2.45. The van der Waals surface area contributed by atoms with Crippen molar-refractivity contribution in [3.05, 3.63) is 84.3 Å². The van der Waals surface area contributed by atoms with Crippen molar-refractivity contribution in [1.29, 1.82) is 0 Å². The molecule has 4 heterocycles. The van der Waals surface area contributed by atoms with Gasteiger partial charge >= 0.3 is 0 Å². The number of nitrogen functional groups attached to an aromatic ring is 1. The number of rotatable bonds is 8. The molecule has 1 saturated heterocycles. The van der Waals surface area contributed by atoms with Gasteiger partial charge in [-0.05, 0) is 56.3 Å². The number of likely N-dealkylation sites (tertiary alicyclic amines) is 1. The maximum Gasteiger partial charge on any atom is 0.146 e. The molecular formula is C30H31N7O2. The van der Waals surface area contributed by atoms with E-state index < -0.39 is 0 Å². The molecule has 1 aliphatic rings. The van der Waals surface area contributed by atoms with Crippen LogP contribution in [0, 0.1) is 19.8 Å².